The standard InChI is InChI=1S/C13H19N3O5/c1-3-9(4-2)15(7-8-17)12-11(16(20)21)6-5-10(14-12)13(18)19/h5-6,9,17H,3-4,7-8H2,1-2H3,(H,18,19). The molecule has 0 bridgehead atoms. The number of nitrogens with zero attached hydrogens (tertiary/aromatic N) is 3. The molecule has 1 heterocycles. The van der Waals surface area contributed by atoms with Crippen LogP contribution in [0.15, 0.2) is 12.1 Å². The van der Waals surface area contributed by atoms with Crippen LogP contribution in [0.3, 0.4) is 0 Å². The maximum absolute atomic E-state index is 11.1. The van der Waals surface area contributed by atoms with Crippen molar-refractivity contribution in [2.75, 3.05) is 18.1 Å². The molecule has 0 aliphatic rings. The van der Waals surface area contributed by atoms with Crippen LogP contribution in [0.5, 0.6) is 0 Å². The van der Waals surface area contributed by atoms with Crippen molar-refractivity contribution in [2.45, 2.75) is 32.7 Å². The Balaban J connectivity index is 3.41. The fraction of sp³-hybridized carbons (Fsp3) is 0.538. The van der Waals surface area contributed by atoms with Crippen LogP contribution in [-0.2, 0) is 0 Å². The van der Waals surface area contributed by atoms with E-state index in [0.29, 0.717) is 12.8 Å². The van der Waals surface area contributed by atoms with Crippen LogP contribution in [-0.4, -0.2) is 45.3 Å². The fourth-order valence-electron chi connectivity index (χ4n) is 2.21. The van der Waals surface area contributed by atoms with Gasteiger partial charge in [-0.15, -0.1) is 0 Å². The van der Waals surface area contributed by atoms with Gasteiger partial charge in [0.05, 0.1) is 11.5 Å². The maximum Gasteiger partial charge on any atom is 0.354 e. The zero-order valence-corrected chi connectivity index (χ0v) is 12.0. The number of carboxylic acids is 1. The van der Waals surface area contributed by atoms with Gasteiger partial charge in [-0.2, -0.15) is 0 Å². The third-order valence-electron chi connectivity index (χ3n) is 3.27. The average molecular weight is 297 g/mol. The molecule has 1 aromatic heterocycles. The van der Waals surface area contributed by atoms with Crippen molar-refractivity contribution in [3.05, 3.63) is 27.9 Å². The van der Waals surface area contributed by atoms with E-state index in [2.05, 4.69) is 4.98 Å². The van der Waals surface area contributed by atoms with E-state index in [1.54, 1.807) is 4.90 Å². The molecule has 0 aliphatic heterocycles. The smallest absolute Gasteiger partial charge is 0.354 e. The first kappa shape index (κ1) is 16.8. The van der Waals surface area contributed by atoms with Gasteiger partial charge in [0.15, 0.2) is 5.69 Å². The lowest BCUT2D eigenvalue weighted by Gasteiger charge is -2.30. The minimum atomic E-state index is -1.25. The van der Waals surface area contributed by atoms with Gasteiger partial charge in [0.1, 0.15) is 0 Å². The number of pyridine rings is 1. The number of aliphatic hydroxyl groups excluding tert-OH is 1. The summed E-state index contributed by atoms with van der Waals surface area (Å²) in [5.74, 6) is -1.26. The SMILES string of the molecule is CCC(CC)N(CCO)c1nc(C(=O)O)ccc1[N+](=O)[O-]. The Hall–Kier alpha value is -2.22. The lowest BCUT2D eigenvalue weighted by Crippen LogP contribution is -2.38. The van der Waals surface area contributed by atoms with E-state index in [4.69, 9.17) is 5.11 Å². The van der Waals surface area contributed by atoms with Crippen molar-refractivity contribution >= 4 is 17.5 Å². The normalized spacial score (nSPS) is 10.7. The first-order valence-electron chi connectivity index (χ1n) is 6.72. The van der Waals surface area contributed by atoms with Crippen LogP contribution in [0.25, 0.3) is 0 Å². The Kier molecular flexibility index (Phi) is 6.04. The lowest BCUT2D eigenvalue weighted by atomic mass is 10.1. The molecule has 0 saturated carbocycles. The van der Waals surface area contributed by atoms with Crippen molar-refractivity contribution in [1.82, 2.24) is 4.98 Å². The van der Waals surface area contributed by atoms with E-state index in [-0.39, 0.29) is 36.4 Å². The second-order valence-electron chi connectivity index (χ2n) is 4.49. The van der Waals surface area contributed by atoms with Crippen LogP contribution in [0.1, 0.15) is 37.2 Å². The van der Waals surface area contributed by atoms with Gasteiger partial charge in [-0.1, -0.05) is 13.8 Å². The summed E-state index contributed by atoms with van der Waals surface area (Å²) in [5.41, 5.74) is -0.523. The predicted octanol–water partition coefficient (Wildman–Crippen LogP) is 1.68. The summed E-state index contributed by atoms with van der Waals surface area (Å²) in [7, 11) is 0. The molecule has 0 aromatic carbocycles. The zero-order chi connectivity index (χ0) is 16.0. The third-order valence-corrected chi connectivity index (χ3v) is 3.27. The van der Waals surface area contributed by atoms with E-state index in [1.165, 1.54) is 0 Å². The highest BCUT2D eigenvalue weighted by molar-refractivity contribution is 5.86. The topological polar surface area (TPSA) is 117 Å². The monoisotopic (exact) mass is 297 g/mol. The molecule has 1 aromatic rings. The summed E-state index contributed by atoms with van der Waals surface area (Å²) >= 11 is 0. The first-order valence-corrected chi connectivity index (χ1v) is 6.72. The van der Waals surface area contributed by atoms with Gasteiger partial charge < -0.3 is 15.1 Å². The molecular formula is C13H19N3O5. The van der Waals surface area contributed by atoms with Gasteiger partial charge in [-0.3, -0.25) is 10.1 Å². The molecule has 0 aliphatic carbocycles. The van der Waals surface area contributed by atoms with Crippen LogP contribution in [0, 0.1) is 10.1 Å². The molecule has 2 N–H and O–H groups in total. The summed E-state index contributed by atoms with van der Waals surface area (Å²) in [6.07, 6.45) is 1.40. The molecular weight excluding hydrogens is 278 g/mol. The summed E-state index contributed by atoms with van der Waals surface area (Å²) in [4.78, 5) is 27.1. The summed E-state index contributed by atoms with van der Waals surface area (Å²) in [6, 6.07) is 2.18. The molecule has 21 heavy (non-hydrogen) atoms. The van der Waals surface area contributed by atoms with Crippen LogP contribution in [0.4, 0.5) is 11.5 Å². The lowest BCUT2D eigenvalue weighted by molar-refractivity contribution is -0.384. The Morgan fingerprint density at radius 2 is 2.05 bits per heavy atom. The zero-order valence-electron chi connectivity index (χ0n) is 12.0. The highest BCUT2D eigenvalue weighted by Crippen LogP contribution is 2.29. The quantitative estimate of drug-likeness (QED) is 0.553. The van der Waals surface area contributed by atoms with E-state index in [0.717, 1.165) is 12.1 Å². The molecule has 1 rings (SSSR count). The van der Waals surface area contributed by atoms with Gasteiger partial charge >= 0.3 is 11.7 Å². The highest BCUT2D eigenvalue weighted by atomic mass is 16.6. The number of anilines is 1. The predicted molar refractivity (Wildman–Crippen MR) is 76.7 cm³/mol. The molecule has 0 spiro atoms. The maximum atomic E-state index is 11.1. The largest absolute Gasteiger partial charge is 0.477 e. The first-order chi connectivity index (χ1) is 9.96. The van der Waals surface area contributed by atoms with Gasteiger partial charge in [0, 0.05) is 18.7 Å². The molecule has 0 atom stereocenters. The molecule has 116 valence electrons. The van der Waals surface area contributed by atoms with Crippen molar-refractivity contribution in [1.29, 1.82) is 0 Å². The Morgan fingerprint density at radius 1 is 1.43 bits per heavy atom. The van der Waals surface area contributed by atoms with E-state index in [9.17, 15) is 20.0 Å². The van der Waals surface area contributed by atoms with E-state index in [1.807, 2.05) is 13.8 Å². The Labute approximate surface area is 122 Å². The van der Waals surface area contributed by atoms with Crippen molar-refractivity contribution in [3.63, 3.8) is 0 Å². The number of rotatable bonds is 8. The second kappa shape index (κ2) is 7.53. The number of carboxylic acid groups (broad SMARTS) is 1. The second-order valence-corrected chi connectivity index (χ2v) is 4.49. The molecule has 8 nitrogen and oxygen atoms in total. The number of nitro groups is 1. The summed E-state index contributed by atoms with van der Waals surface area (Å²) in [5, 5.41) is 29.3. The molecule has 0 radical (unpaired) electrons. The molecule has 0 saturated heterocycles. The highest BCUT2D eigenvalue weighted by Gasteiger charge is 2.26. The third kappa shape index (κ3) is 3.88. The number of aromatic carboxylic acids is 1. The Bertz CT molecular complexity index is 517. The van der Waals surface area contributed by atoms with Crippen LogP contribution >= 0.6 is 0 Å². The number of hydrogen-bond acceptors (Lipinski definition) is 6. The van der Waals surface area contributed by atoms with E-state index >= 15 is 0 Å². The minimum absolute atomic E-state index is 0.0114. The number of aliphatic hydroxyl groups is 1. The average Bonchev–Trinajstić information content (AvgIpc) is 2.46. The number of aromatic nitrogens is 1. The molecule has 8 heteroatoms. The minimum Gasteiger partial charge on any atom is -0.477 e. The summed E-state index contributed by atoms with van der Waals surface area (Å²) < 4.78 is 0. The van der Waals surface area contributed by atoms with Crippen molar-refractivity contribution in [3.8, 4) is 0 Å². The number of hydrogen-bond donors (Lipinski definition) is 2. The van der Waals surface area contributed by atoms with Crippen molar-refractivity contribution < 1.29 is 19.9 Å². The van der Waals surface area contributed by atoms with Gasteiger partial charge in [0.2, 0.25) is 5.82 Å². The van der Waals surface area contributed by atoms with Gasteiger partial charge in [-0.05, 0) is 18.9 Å². The molecule has 0 unspecified atom stereocenters. The van der Waals surface area contributed by atoms with Crippen LogP contribution in [0.2, 0.25) is 0 Å². The molecule has 0 amide bonds. The van der Waals surface area contributed by atoms with E-state index < -0.39 is 10.9 Å². The molecule has 0 fully saturated rings. The van der Waals surface area contributed by atoms with Gasteiger partial charge in [-0.25, -0.2) is 9.78 Å². The van der Waals surface area contributed by atoms with Gasteiger partial charge in [0.25, 0.3) is 0 Å². The number of carbonyl (C=O) groups is 1. The van der Waals surface area contributed by atoms with Crippen molar-refractivity contribution in [2.24, 2.45) is 0 Å². The summed E-state index contributed by atoms with van der Waals surface area (Å²) in [6.45, 7) is 3.80. The van der Waals surface area contributed by atoms with Crippen LogP contribution < -0.4 is 4.90 Å². The Morgan fingerprint density at radius 3 is 2.48 bits per heavy atom. The fourth-order valence-corrected chi connectivity index (χ4v) is 2.21.